The molecule has 3 nitrogen and oxygen atoms in total. The summed E-state index contributed by atoms with van der Waals surface area (Å²) in [5.41, 5.74) is 3.62. The second kappa shape index (κ2) is 9.40. The van der Waals surface area contributed by atoms with Gasteiger partial charge in [-0.2, -0.15) is 0 Å². The zero-order valence-electron chi connectivity index (χ0n) is 16.2. The average molecular weight is 422 g/mol. The van der Waals surface area contributed by atoms with Gasteiger partial charge in [-0.25, -0.2) is 0 Å². The van der Waals surface area contributed by atoms with Gasteiger partial charge in [-0.15, -0.1) is 0 Å². The summed E-state index contributed by atoms with van der Waals surface area (Å²) in [4.78, 5) is 4.79. The van der Waals surface area contributed by atoms with Crippen molar-refractivity contribution in [3.8, 4) is 0 Å². The summed E-state index contributed by atoms with van der Waals surface area (Å²) in [6.07, 6.45) is 0. The van der Waals surface area contributed by atoms with E-state index in [-0.39, 0.29) is 6.04 Å². The molecule has 1 aliphatic rings. The molecule has 0 atom stereocenters. The highest BCUT2D eigenvalue weighted by Gasteiger charge is 2.27. The molecule has 0 unspecified atom stereocenters. The van der Waals surface area contributed by atoms with E-state index in [2.05, 4.69) is 75.8 Å². The van der Waals surface area contributed by atoms with Gasteiger partial charge in [-0.05, 0) is 47.6 Å². The lowest BCUT2D eigenvalue weighted by Crippen LogP contribution is -2.50. The van der Waals surface area contributed by atoms with E-state index in [1.165, 1.54) is 11.1 Å². The zero-order valence-corrected chi connectivity index (χ0v) is 17.7. The molecule has 0 amide bonds. The summed E-state index contributed by atoms with van der Waals surface area (Å²) in [7, 11) is 0. The van der Waals surface area contributed by atoms with Crippen LogP contribution in [-0.4, -0.2) is 41.1 Å². The Morgan fingerprint density at radius 1 is 0.759 bits per heavy atom. The van der Waals surface area contributed by atoms with Crippen LogP contribution >= 0.6 is 23.8 Å². The molecule has 1 aliphatic heterocycles. The maximum absolute atomic E-state index is 5.97. The van der Waals surface area contributed by atoms with Crippen molar-refractivity contribution in [3.05, 3.63) is 101 Å². The van der Waals surface area contributed by atoms with E-state index >= 15 is 0 Å². The third-order valence-electron chi connectivity index (χ3n) is 5.29. The number of halogens is 1. The second-order valence-electron chi connectivity index (χ2n) is 7.18. The van der Waals surface area contributed by atoms with Crippen molar-refractivity contribution in [1.29, 1.82) is 0 Å². The van der Waals surface area contributed by atoms with Crippen molar-refractivity contribution < 1.29 is 0 Å². The SMILES string of the molecule is S=C(Nc1ccc(Cl)cc1)N1CCN(C(c2ccccc2)c2ccccc2)CC1. The molecule has 29 heavy (non-hydrogen) atoms. The lowest BCUT2D eigenvalue weighted by molar-refractivity contribution is 0.151. The first-order valence-corrected chi connectivity index (χ1v) is 10.6. The van der Waals surface area contributed by atoms with Crippen molar-refractivity contribution in [1.82, 2.24) is 9.80 Å². The van der Waals surface area contributed by atoms with E-state index < -0.39 is 0 Å². The fourth-order valence-corrected chi connectivity index (χ4v) is 4.23. The van der Waals surface area contributed by atoms with Crippen molar-refractivity contribution in [3.63, 3.8) is 0 Å². The van der Waals surface area contributed by atoms with Crippen LogP contribution in [-0.2, 0) is 0 Å². The van der Waals surface area contributed by atoms with E-state index in [0.717, 1.165) is 42.0 Å². The molecule has 1 fully saturated rings. The Balaban J connectivity index is 1.44. The summed E-state index contributed by atoms with van der Waals surface area (Å²) >= 11 is 11.6. The zero-order chi connectivity index (χ0) is 20.1. The minimum Gasteiger partial charge on any atom is -0.346 e. The molecule has 3 aromatic rings. The number of anilines is 1. The van der Waals surface area contributed by atoms with Crippen LogP contribution in [0.3, 0.4) is 0 Å². The molecule has 0 spiro atoms. The van der Waals surface area contributed by atoms with E-state index in [1.807, 2.05) is 24.3 Å². The van der Waals surface area contributed by atoms with Crippen LogP contribution in [0.5, 0.6) is 0 Å². The first kappa shape index (κ1) is 19.9. The van der Waals surface area contributed by atoms with Crippen LogP contribution in [0.2, 0.25) is 5.02 Å². The van der Waals surface area contributed by atoms with Crippen LogP contribution in [0.1, 0.15) is 17.2 Å². The predicted octanol–water partition coefficient (Wildman–Crippen LogP) is 5.44. The van der Waals surface area contributed by atoms with Gasteiger partial charge >= 0.3 is 0 Å². The van der Waals surface area contributed by atoms with Gasteiger partial charge in [0.2, 0.25) is 0 Å². The molecular formula is C24H24ClN3S. The first-order chi connectivity index (χ1) is 14.2. The van der Waals surface area contributed by atoms with Gasteiger partial charge in [-0.1, -0.05) is 72.3 Å². The number of nitrogens with one attached hydrogen (secondary N) is 1. The van der Waals surface area contributed by atoms with Crippen LogP contribution in [0.25, 0.3) is 0 Å². The van der Waals surface area contributed by atoms with Gasteiger partial charge in [0.25, 0.3) is 0 Å². The number of piperazine rings is 1. The molecule has 5 heteroatoms. The molecule has 3 aromatic carbocycles. The highest BCUT2D eigenvalue weighted by molar-refractivity contribution is 7.80. The summed E-state index contributed by atoms with van der Waals surface area (Å²) in [6, 6.07) is 29.4. The van der Waals surface area contributed by atoms with E-state index in [9.17, 15) is 0 Å². The highest BCUT2D eigenvalue weighted by atomic mass is 35.5. The molecule has 0 aromatic heterocycles. The predicted molar refractivity (Wildman–Crippen MR) is 126 cm³/mol. The smallest absolute Gasteiger partial charge is 0.173 e. The fourth-order valence-electron chi connectivity index (χ4n) is 3.80. The number of rotatable bonds is 4. The van der Waals surface area contributed by atoms with Crippen LogP contribution in [0.4, 0.5) is 5.69 Å². The number of nitrogens with zero attached hydrogens (tertiary/aromatic N) is 2. The minimum absolute atomic E-state index is 0.261. The maximum Gasteiger partial charge on any atom is 0.173 e. The van der Waals surface area contributed by atoms with Gasteiger partial charge < -0.3 is 10.2 Å². The fraction of sp³-hybridized carbons (Fsp3) is 0.208. The van der Waals surface area contributed by atoms with Crippen LogP contribution in [0.15, 0.2) is 84.9 Å². The Labute approximate surface area is 182 Å². The third-order valence-corrected chi connectivity index (χ3v) is 5.90. The van der Waals surface area contributed by atoms with Gasteiger partial charge in [0, 0.05) is 36.9 Å². The Bertz CT molecular complexity index is 884. The number of hydrogen-bond acceptors (Lipinski definition) is 2. The van der Waals surface area contributed by atoms with E-state index in [1.54, 1.807) is 0 Å². The molecule has 1 saturated heterocycles. The van der Waals surface area contributed by atoms with Crippen LogP contribution < -0.4 is 5.32 Å². The Hall–Kier alpha value is -2.40. The molecule has 4 rings (SSSR count). The summed E-state index contributed by atoms with van der Waals surface area (Å²) in [5, 5.41) is 4.82. The lowest BCUT2D eigenvalue weighted by atomic mass is 9.96. The number of thiocarbonyl (C=S) groups is 1. The van der Waals surface area contributed by atoms with Gasteiger partial charge in [0.15, 0.2) is 5.11 Å². The number of hydrogen-bond donors (Lipinski definition) is 1. The molecule has 1 N–H and O–H groups in total. The molecule has 0 radical (unpaired) electrons. The largest absolute Gasteiger partial charge is 0.346 e. The molecule has 0 saturated carbocycles. The molecular weight excluding hydrogens is 398 g/mol. The Kier molecular flexibility index (Phi) is 6.45. The van der Waals surface area contributed by atoms with Gasteiger partial charge in [-0.3, -0.25) is 4.90 Å². The quantitative estimate of drug-likeness (QED) is 0.565. The molecule has 0 bridgehead atoms. The van der Waals surface area contributed by atoms with Gasteiger partial charge in [0.05, 0.1) is 6.04 Å². The topological polar surface area (TPSA) is 18.5 Å². The second-order valence-corrected chi connectivity index (χ2v) is 8.01. The van der Waals surface area contributed by atoms with E-state index in [0.29, 0.717) is 0 Å². The standard InChI is InChI=1S/C24H24ClN3S/c25-21-11-13-22(14-12-21)26-24(29)28-17-15-27(16-18-28)23(19-7-3-1-4-8-19)20-9-5-2-6-10-20/h1-14,23H,15-18H2,(H,26,29). The van der Waals surface area contributed by atoms with Crippen molar-refractivity contribution in [2.75, 3.05) is 31.5 Å². The molecule has 0 aliphatic carbocycles. The van der Waals surface area contributed by atoms with E-state index in [4.69, 9.17) is 23.8 Å². The Morgan fingerprint density at radius 3 is 1.79 bits per heavy atom. The number of benzene rings is 3. The summed E-state index contributed by atoms with van der Waals surface area (Å²) in [6.45, 7) is 3.71. The maximum atomic E-state index is 5.97. The molecule has 148 valence electrons. The summed E-state index contributed by atoms with van der Waals surface area (Å²) < 4.78 is 0. The van der Waals surface area contributed by atoms with Crippen LogP contribution in [0, 0.1) is 0 Å². The van der Waals surface area contributed by atoms with Crippen molar-refractivity contribution in [2.45, 2.75) is 6.04 Å². The monoisotopic (exact) mass is 421 g/mol. The van der Waals surface area contributed by atoms with Gasteiger partial charge in [0.1, 0.15) is 0 Å². The first-order valence-electron chi connectivity index (χ1n) is 9.86. The highest BCUT2D eigenvalue weighted by Crippen LogP contribution is 2.29. The lowest BCUT2D eigenvalue weighted by Gasteiger charge is -2.40. The Morgan fingerprint density at radius 2 is 1.28 bits per heavy atom. The summed E-state index contributed by atoms with van der Waals surface area (Å²) in [5.74, 6) is 0. The van der Waals surface area contributed by atoms with Crippen molar-refractivity contribution >= 4 is 34.6 Å². The third kappa shape index (κ3) is 4.96. The normalized spacial score (nSPS) is 14.8. The van der Waals surface area contributed by atoms with Crippen molar-refractivity contribution in [2.24, 2.45) is 0 Å². The average Bonchev–Trinajstić information content (AvgIpc) is 2.77. The molecule has 1 heterocycles. The minimum atomic E-state index is 0.261.